The first kappa shape index (κ1) is 21.0. The number of rotatable bonds is 4. The molecule has 0 aliphatic carbocycles. The standard InChI is InChI=1S/C25H22BrN3O2/c1-16-3-9-19(10-4-16)23-22(27-24(30)20-11-5-17(2)6-12-20)25(31)28-29(23)15-18-7-13-21(26)14-8-18/h3-15,22-23H,1-2H3,(H-,27,28,30,31)/p+1/b29-15-/t22-,23-/m1/s1. The van der Waals surface area contributed by atoms with Crippen molar-refractivity contribution in [2.24, 2.45) is 0 Å². The topological polar surface area (TPSA) is 61.2 Å². The summed E-state index contributed by atoms with van der Waals surface area (Å²) in [6, 6.07) is 22.0. The molecule has 2 N–H and O–H groups in total. The van der Waals surface area contributed by atoms with Crippen molar-refractivity contribution < 1.29 is 14.3 Å². The van der Waals surface area contributed by atoms with E-state index in [2.05, 4.69) is 26.7 Å². The van der Waals surface area contributed by atoms with Crippen LogP contribution in [0.3, 0.4) is 0 Å². The summed E-state index contributed by atoms with van der Waals surface area (Å²) in [6.45, 7) is 3.99. The van der Waals surface area contributed by atoms with Gasteiger partial charge >= 0.3 is 5.91 Å². The maximum Gasteiger partial charge on any atom is 0.304 e. The number of hydrazine groups is 1. The van der Waals surface area contributed by atoms with Crippen LogP contribution in [0.4, 0.5) is 0 Å². The van der Waals surface area contributed by atoms with Crippen LogP contribution < -0.4 is 10.7 Å². The second-order valence-electron chi connectivity index (χ2n) is 7.74. The predicted molar refractivity (Wildman–Crippen MR) is 124 cm³/mol. The molecule has 156 valence electrons. The van der Waals surface area contributed by atoms with Crippen LogP contribution in [0.1, 0.15) is 38.7 Å². The minimum Gasteiger partial charge on any atom is -0.334 e. The first-order chi connectivity index (χ1) is 14.9. The van der Waals surface area contributed by atoms with Crippen molar-refractivity contribution in [1.82, 2.24) is 10.7 Å². The fourth-order valence-electron chi connectivity index (χ4n) is 3.58. The maximum atomic E-state index is 12.9. The molecule has 3 aromatic carbocycles. The number of aryl methyl sites for hydroxylation is 2. The summed E-state index contributed by atoms with van der Waals surface area (Å²) in [7, 11) is 0. The summed E-state index contributed by atoms with van der Waals surface area (Å²) in [5, 5.41) is 2.93. The number of hydrazone groups is 1. The molecule has 5 nitrogen and oxygen atoms in total. The summed E-state index contributed by atoms with van der Waals surface area (Å²) in [5.74, 6) is -0.526. The molecule has 1 aliphatic heterocycles. The largest absolute Gasteiger partial charge is 0.334 e. The van der Waals surface area contributed by atoms with Crippen LogP contribution >= 0.6 is 15.9 Å². The number of nitrogens with one attached hydrogen (secondary N) is 2. The average molecular weight is 477 g/mol. The van der Waals surface area contributed by atoms with E-state index in [1.165, 1.54) is 0 Å². The van der Waals surface area contributed by atoms with Crippen LogP contribution in [0.25, 0.3) is 0 Å². The Morgan fingerprint density at radius 3 is 2.13 bits per heavy atom. The number of carbonyl (C=O) groups excluding carboxylic acids is 2. The van der Waals surface area contributed by atoms with Gasteiger partial charge in [-0.15, -0.1) is 10.1 Å². The number of amides is 2. The van der Waals surface area contributed by atoms with Crippen LogP contribution in [-0.2, 0) is 4.79 Å². The number of hydrogen-bond acceptors (Lipinski definition) is 2. The van der Waals surface area contributed by atoms with Gasteiger partial charge in [0.2, 0.25) is 12.3 Å². The summed E-state index contributed by atoms with van der Waals surface area (Å²) in [6.07, 6.45) is 1.88. The molecular formula is C25H23BrN3O2+. The molecule has 1 fully saturated rings. The Morgan fingerprint density at radius 2 is 1.52 bits per heavy atom. The fourth-order valence-corrected chi connectivity index (χ4v) is 3.85. The summed E-state index contributed by atoms with van der Waals surface area (Å²) >= 11 is 3.44. The molecule has 6 heteroatoms. The zero-order valence-electron chi connectivity index (χ0n) is 17.3. The number of halogens is 1. The second kappa shape index (κ2) is 8.86. The van der Waals surface area contributed by atoms with Crippen molar-refractivity contribution in [2.75, 3.05) is 0 Å². The number of nitrogens with zero attached hydrogens (tertiary/aromatic N) is 1. The molecule has 0 saturated carbocycles. The van der Waals surface area contributed by atoms with Gasteiger partial charge in [0.25, 0.3) is 5.91 Å². The van der Waals surface area contributed by atoms with Crippen LogP contribution in [0.2, 0.25) is 0 Å². The van der Waals surface area contributed by atoms with Gasteiger partial charge in [-0.25, -0.2) is 0 Å². The van der Waals surface area contributed by atoms with E-state index in [0.717, 1.165) is 26.7 Å². The van der Waals surface area contributed by atoms with Gasteiger partial charge < -0.3 is 5.32 Å². The Labute approximate surface area is 189 Å². The lowest BCUT2D eigenvalue weighted by atomic mass is 9.98. The van der Waals surface area contributed by atoms with Crippen molar-refractivity contribution in [3.63, 3.8) is 0 Å². The van der Waals surface area contributed by atoms with Gasteiger partial charge in [-0.1, -0.05) is 63.5 Å². The lowest BCUT2D eigenvalue weighted by molar-refractivity contribution is -0.596. The highest BCUT2D eigenvalue weighted by Crippen LogP contribution is 2.26. The molecule has 1 heterocycles. The van der Waals surface area contributed by atoms with Crippen molar-refractivity contribution in [3.8, 4) is 0 Å². The molecular weight excluding hydrogens is 454 g/mol. The quantitative estimate of drug-likeness (QED) is 0.557. The van der Waals surface area contributed by atoms with E-state index < -0.39 is 6.04 Å². The molecule has 4 rings (SSSR count). The van der Waals surface area contributed by atoms with Crippen LogP contribution in [0.15, 0.2) is 77.3 Å². The lowest BCUT2D eigenvalue weighted by Crippen LogP contribution is -2.42. The van der Waals surface area contributed by atoms with Gasteiger partial charge in [0.1, 0.15) is 0 Å². The van der Waals surface area contributed by atoms with Crippen molar-refractivity contribution >= 4 is 34.0 Å². The van der Waals surface area contributed by atoms with Gasteiger partial charge in [-0.05, 0) is 50.2 Å². The SMILES string of the molecule is Cc1ccc(C(=O)N[C@H]2C(=O)N/[N+](=C\c3ccc(Br)cc3)[C@@H]2c2ccc(C)cc2)cc1. The smallest absolute Gasteiger partial charge is 0.304 e. The molecule has 0 spiro atoms. The summed E-state index contributed by atoms with van der Waals surface area (Å²) in [4.78, 5) is 25.8. The highest BCUT2D eigenvalue weighted by atomic mass is 79.9. The predicted octanol–water partition coefficient (Wildman–Crippen LogP) is 4.08. The number of benzene rings is 3. The van der Waals surface area contributed by atoms with Gasteiger partial charge in [0, 0.05) is 21.2 Å². The van der Waals surface area contributed by atoms with Gasteiger partial charge in [-0.2, -0.15) is 0 Å². The van der Waals surface area contributed by atoms with E-state index in [0.29, 0.717) is 5.56 Å². The lowest BCUT2D eigenvalue weighted by Gasteiger charge is -2.15. The third-order valence-corrected chi connectivity index (χ3v) is 5.84. The Morgan fingerprint density at radius 1 is 0.935 bits per heavy atom. The molecule has 0 bridgehead atoms. The Kier molecular flexibility index (Phi) is 6.00. The molecule has 0 radical (unpaired) electrons. The third-order valence-electron chi connectivity index (χ3n) is 5.31. The average Bonchev–Trinajstić information content (AvgIpc) is 3.05. The molecule has 0 unspecified atom stereocenters. The summed E-state index contributed by atoms with van der Waals surface area (Å²) in [5.41, 5.74) is 7.51. The van der Waals surface area contributed by atoms with Crippen molar-refractivity contribution in [3.05, 3.63) is 105 Å². The normalized spacial score (nSPS) is 19.3. The molecule has 1 aliphatic rings. The minimum atomic E-state index is -0.733. The fraction of sp³-hybridized carbons (Fsp3) is 0.160. The maximum absolute atomic E-state index is 12.9. The van der Waals surface area contributed by atoms with E-state index in [4.69, 9.17) is 0 Å². The molecule has 3 aromatic rings. The van der Waals surface area contributed by atoms with E-state index in [1.54, 1.807) is 16.8 Å². The van der Waals surface area contributed by atoms with Crippen LogP contribution in [0.5, 0.6) is 0 Å². The zero-order chi connectivity index (χ0) is 22.0. The molecule has 2 amide bonds. The Hall–Kier alpha value is -3.25. The number of hydrogen-bond donors (Lipinski definition) is 2. The van der Waals surface area contributed by atoms with Crippen molar-refractivity contribution in [2.45, 2.75) is 25.9 Å². The van der Waals surface area contributed by atoms with E-state index in [1.807, 2.05) is 80.7 Å². The van der Waals surface area contributed by atoms with E-state index in [-0.39, 0.29) is 17.9 Å². The first-order valence-corrected chi connectivity index (χ1v) is 10.8. The molecule has 1 saturated heterocycles. The Bertz CT molecular complexity index is 1140. The zero-order valence-corrected chi connectivity index (χ0v) is 18.9. The number of carbonyl (C=O) groups is 2. The molecule has 31 heavy (non-hydrogen) atoms. The van der Waals surface area contributed by atoms with Crippen LogP contribution in [-0.4, -0.2) is 28.8 Å². The summed E-state index contributed by atoms with van der Waals surface area (Å²) < 4.78 is 2.75. The van der Waals surface area contributed by atoms with Gasteiger partial charge in [-0.3, -0.25) is 9.59 Å². The van der Waals surface area contributed by atoms with Gasteiger partial charge in [0.15, 0.2) is 6.04 Å². The minimum absolute atomic E-state index is 0.251. The highest BCUT2D eigenvalue weighted by molar-refractivity contribution is 9.10. The molecule has 2 atom stereocenters. The second-order valence-corrected chi connectivity index (χ2v) is 8.65. The third kappa shape index (κ3) is 4.75. The Balaban J connectivity index is 1.69. The monoisotopic (exact) mass is 476 g/mol. The van der Waals surface area contributed by atoms with Crippen LogP contribution in [0, 0.1) is 13.8 Å². The van der Waals surface area contributed by atoms with E-state index >= 15 is 0 Å². The highest BCUT2D eigenvalue weighted by Gasteiger charge is 2.47. The van der Waals surface area contributed by atoms with E-state index in [9.17, 15) is 9.59 Å². The first-order valence-electron chi connectivity index (χ1n) is 10.0. The molecule has 0 aromatic heterocycles. The van der Waals surface area contributed by atoms with Crippen molar-refractivity contribution in [1.29, 1.82) is 0 Å². The van der Waals surface area contributed by atoms with Gasteiger partial charge in [0.05, 0.1) is 0 Å².